The molecule has 28 heavy (non-hydrogen) atoms. The Labute approximate surface area is 163 Å². The minimum atomic E-state index is -0.688. The Morgan fingerprint density at radius 3 is 2.86 bits per heavy atom. The summed E-state index contributed by atoms with van der Waals surface area (Å²) in [6.45, 7) is 1.33. The minimum absolute atomic E-state index is 0.103. The van der Waals surface area contributed by atoms with E-state index in [9.17, 15) is 14.9 Å². The lowest BCUT2D eigenvalue weighted by Gasteiger charge is -2.17. The molecule has 0 amide bonds. The molecule has 0 aliphatic carbocycles. The van der Waals surface area contributed by atoms with Gasteiger partial charge in [0.15, 0.2) is 6.61 Å². The molecule has 0 spiro atoms. The molecule has 1 fully saturated rings. The molecule has 9 nitrogen and oxygen atoms in total. The Morgan fingerprint density at radius 2 is 2.14 bits per heavy atom. The van der Waals surface area contributed by atoms with E-state index in [0.717, 1.165) is 30.8 Å². The lowest BCUT2D eigenvalue weighted by Crippen LogP contribution is -2.19. The maximum absolute atomic E-state index is 12.3. The molecule has 3 aromatic rings. The summed E-state index contributed by atoms with van der Waals surface area (Å²) < 4.78 is 10.3. The van der Waals surface area contributed by atoms with E-state index in [-0.39, 0.29) is 23.7 Å². The number of aromatic nitrogens is 2. The fourth-order valence-corrected chi connectivity index (χ4v) is 3.70. The van der Waals surface area contributed by atoms with Crippen molar-refractivity contribution >= 4 is 28.7 Å². The predicted octanol–water partition coefficient (Wildman–Crippen LogP) is 3.66. The molecule has 3 heterocycles. The highest BCUT2D eigenvalue weighted by Gasteiger charge is 2.24. The number of carbonyl (C=O) groups is 1. The van der Waals surface area contributed by atoms with Gasteiger partial charge in [-0.3, -0.25) is 10.1 Å². The topological polar surface area (TPSA) is 112 Å². The molecular weight excluding hydrogens is 384 g/mol. The fraction of sp³-hybridized carbons (Fsp3) is 0.278. The van der Waals surface area contributed by atoms with Crippen LogP contribution >= 0.6 is 11.3 Å². The third-order valence-corrected chi connectivity index (χ3v) is 5.26. The number of ether oxygens (including phenoxy) is 1. The molecule has 1 saturated heterocycles. The highest BCUT2D eigenvalue weighted by Crippen LogP contribution is 2.32. The molecule has 0 unspecified atom stereocenters. The molecule has 1 aliphatic rings. The number of anilines is 1. The van der Waals surface area contributed by atoms with Crippen LogP contribution in [0.3, 0.4) is 0 Å². The molecule has 2 aromatic heterocycles. The maximum atomic E-state index is 12.3. The van der Waals surface area contributed by atoms with Crippen molar-refractivity contribution in [2.45, 2.75) is 19.4 Å². The molecule has 0 saturated carbocycles. The molecule has 10 heteroatoms. The highest BCUT2D eigenvalue weighted by molar-refractivity contribution is 7.13. The van der Waals surface area contributed by atoms with Crippen molar-refractivity contribution in [1.82, 2.24) is 10.1 Å². The van der Waals surface area contributed by atoms with E-state index in [1.54, 1.807) is 6.07 Å². The van der Waals surface area contributed by atoms with Gasteiger partial charge in [-0.15, -0.1) is 11.3 Å². The Balaban J connectivity index is 1.46. The zero-order valence-corrected chi connectivity index (χ0v) is 15.6. The molecule has 1 aromatic carbocycles. The summed E-state index contributed by atoms with van der Waals surface area (Å²) in [7, 11) is 0. The monoisotopic (exact) mass is 400 g/mol. The van der Waals surface area contributed by atoms with Gasteiger partial charge in [0.05, 0.1) is 15.4 Å². The van der Waals surface area contributed by atoms with Crippen molar-refractivity contribution in [1.29, 1.82) is 0 Å². The maximum Gasteiger partial charge on any atom is 0.338 e. The molecule has 0 atom stereocenters. The number of nitro groups is 1. The first-order valence-corrected chi connectivity index (χ1v) is 9.57. The van der Waals surface area contributed by atoms with Crippen molar-refractivity contribution in [3.63, 3.8) is 0 Å². The summed E-state index contributed by atoms with van der Waals surface area (Å²) in [5, 5.41) is 17.2. The van der Waals surface area contributed by atoms with Gasteiger partial charge < -0.3 is 14.2 Å². The Morgan fingerprint density at radius 1 is 1.32 bits per heavy atom. The third kappa shape index (κ3) is 3.72. The van der Waals surface area contributed by atoms with E-state index in [1.807, 2.05) is 22.4 Å². The Bertz CT molecular complexity index is 995. The van der Waals surface area contributed by atoms with Crippen molar-refractivity contribution in [2.75, 3.05) is 18.0 Å². The van der Waals surface area contributed by atoms with Gasteiger partial charge in [-0.2, -0.15) is 4.98 Å². The minimum Gasteiger partial charge on any atom is -0.452 e. The smallest absolute Gasteiger partial charge is 0.338 e. The van der Waals surface area contributed by atoms with Crippen LogP contribution in [0.5, 0.6) is 0 Å². The number of esters is 1. The first-order chi connectivity index (χ1) is 13.6. The average molecular weight is 400 g/mol. The van der Waals surface area contributed by atoms with Crippen LogP contribution in [0.1, 0.15) is 29.1 Å². The number of carbonyl (C=O) groups excluding carboxylic acids is 1. The molecular formula is C18H16N4O5S. The zero-order chi connectivity index (χ0) is 19.5. The zero-order valence-electron chi connectivity index (χ0n) is 14.7. The molecule has 0 bridgehead atoms. The summed E-state index contributed by atoms with van der Waals surface area (Å²) in [4.78, 5) is 30.2. The normalized spacial score (nSPS) is 13.6. The molecule has 144 valence electrons. The molecule has 4 rings (SSSR count). The van der Waals surface area contributed by atoms with Gasteiger partial charge in [0.25, 0.3) is 11.6 Å². The van der Waals surface area contributed by atoms with Gasteiger partial charge in [-0.05, 0) is 36.4 Å². The van der Waals surface area contributed by atoms with Gasteiger partial charge in [0.2, 0.25) is 5.82 Å². The quantitative estimate of drug-likeness (QED) is 0.350. The van der Waals surface area contributed by atoms with Gasteiger partial charge in [-0.25, -0.2) is 4.79 Å². The van der Waals surface area contributed by atoms with Crippen LogP contribution in [0.2, 0.25) is 0 Å². The van der Waals surface area contributed by atoms with Crippen LogP contribution < -0.4 is 4.90 Å². The largest absolute Gasteiger partial charge is 0.452 e. The van der Waals surface area contributed by atoms with Gasteiger partial charge >= 0.3 is 5.97 Å². The third-order valence-electron chi connectivity index (χ3n) is 4.39. The summed E-state index contributed by atoms with van der Waals surface area (Å²) in [5.41, 5.74) is 0.526. The second-order valence-electron chi connectivity index (χ2n) is 6.22. The number of benzene rings is 1. The molecule has 1 aliphatic heterocycles. The summed E-state index contributed by atoms with van der Waals surface area (Å²) in [6.07, 6.45) is 2.00. The standard InChI is InChI=1S/C18H16N4O5S/c23-18(26-11-16-19-17(20-27-16)15-4-3-9-28-15)12-5-6-13(14(10-12)22(24)25)21-7-1-2-8-21/h3-6,9-10H,1-2,7-8,11H2. The van der Waals surface area contributed by atoms with E-state index < -0.39 is 10.9 Å². The van der Waals surface area contributed by atoms with E-state index in [1.165, 1.54) is 23.5 Å². The average Bonchev–Trinajstić information content (AvgIpc) is 3.47. The first-order valence-electron chi connectivity index (χ1n) is 8.69. The van der Waals surface area contributed by atoms with Crippen molar-refractivity contribution in [3.8, 4) is 10.7 Å². The van der Waals surface area contributed by atoms with Crippen molar-refractivity contribution < 1.29 is 19.0 Å². The second kappa shape index (κ2) is 7.77. The lowest BCUT2D eigenvalue weighted by molar-refractivity contribution is -0.384. The van der Waals surface area contributed by atoms with Crippen LogP contribution in [0.25, 0.3) is 10.7 Å². The van der Waals surface area contributed by atoms with Crippen molar-refractivity contribution in [3.05, 3.63) is 57.3 Å². The first kappa shape index (κ1) is 18.1. The SMILES string of the molecule is O=C(OCc1nc(-c2cccs2)no1)c1ccc(N2CCCC2)c([N+](=O)[O-])c1. The summed E-state index contributed by atoms with van der Waals surface area (Å²) >= 11 is 1.47. The number of hydrogen-bond donors (Lipinski definition) is 0. The molecule has 0 radical (unpaired) electrons. The van der Waals surface area contributed by atoms with Gasteiger partial charge in [-0.1, -0.05) is 11.2 Å². The van der Waals surface area contributed by atoms with Gasteiger partial charge in [0, 0.05) is 19.2 Å². The number of nitrogens with zero attached hydrogens (tertiary/aromatic N) is 4. The number of rotatable bonds is 6. The second-order valence-corrected chi connectivity index (χ2v) is 7.17. The van der Waals surface area contributed by atoms with E-state index in [0.29, 0.717) is 11.5 Å². The number of thiophene rings is 1. The van der Waals surface area contributed by atoms with Crippen LogP contribution in [-0.2, 0) is 11.3 Å². The van der Waals surface area contributed by atoms with Crippen molar-refractivity contribution in [2.24, 2.45) is 0 Å². The van der Waals surface area contributed by atoms with Crippen LogP contribution in [0.15, 0.2) is 40.2 Å². The fourth-order valence-electron chi connectivity index (χ4n) is 3.05. The molecule has 0 N–H and O–H groups in total. The summed E-state index contributed by atoms with van der Waals surface area (Å²) in [5.74, 6) is -0.112. The van der Waals surface area contributed by atoms with Gasteiger partial charge in [0.1, 0.15) is 5.69 Å². The predicted molar refractivity (Wildman–Crippen MR) is 101 cm³/mol. The number of nitro benzene ring substituents is 1. The number of hydrogen-bond acceptors (Lipinski definition) is 9. The van der Waals surface area contributed by atoms with E-state index in [4.69, 9.17) is 9.26 Å². The van der Waals surface area contributed by atoms with Crippen LogP contribution in [0, 0.1) is 10.1 Å². The Hall–Kier alpha value is -3.27. The van der Waals surface area contributed by atoms with E-state index >= 15 is 0 Å². The lowest BCUT2D eigenvalue weighted by atomic mass is 10.1. The van der Waals surface area contributed by atoms with Crippen LogP contribution in [0.4, 0.5) is 11.4 Å². The highest BCUT2D eigenvalue weighted by atomic mass is 32.1. The Kier molecular flexibility index (Phi) is 5.02. The van der Waals surface area contributed by atoms with Crippen LogP contribution in [-0.4, -0.2) is 34.1 Å². The summed E-state index contributed by atoms with van der Waals surface area (Å²) in [6, 6.07) is 8.11. The van der Waals surface area contributed by atoms with E-state index in [2.05, 4.69) is 10.1 Å².